The molecule has 3 aromatic rings. The quantitative estimate of drug-likeness (QED) is 0.579. The summed E-state index contributed by atoms with van der Waals surface area (Å²) in [4.78, 5) is 21.7. The summed E-state index contributed by atoms with van der Waals surface area (Å²) in [5.41, 5.74) is 1.29. The lowest BCUT2D eigenvalue weighted by Gasteiger charge is -2.21. The van der Waals surface area contributed by atoms with Gasteiger partial charge in [0.05, 0.1) is 0 Å². The highest BCUT2D eigenvalue weighted by atomic mass is 32.1. The van der Waals surface area contributed by atoms with E-state index in [0.717, 1.165) is 18.7 Å². The number of aliphatic carboxylic acids is 2. The zero-order valence-corrected chi connectivity index (χ0v) is 17.5. The minimum absolute atomic E-state index is 0.100. The first-order chi connectivity index (χ1) is 13.8. The molecule has 0 saturated carbocycles. The van der Waals surface area contributed by atoms with Crippen LogP contribution < -0.4 is 4.74 Å². The second-order valence-corrected chi connectivity index (χ2v) is 7.73. The number of ether oxygens (including phenoxy) is 1. The van der Waals surface area contributed by atoms with Gasteiger partial charge in [-0.3, -0.25) is 0 Å². The van der Waals surface area contributed by atoms with Gasteiger partial charge in [-0.1, -0.05) is 36.4 Å². The lowest BCUT2D eigenvalue weighted by atomic mass is 10.0. The third kappa shape index (κ3) is 6.58. The van der Waals surface area contributed by atoms with Gasteiger partial charge < -0.3 is 19.8 Å². The molecule has 6 nitrogen and oxygen atoms in total. The first kappa shape index (κ1) is 22.4. The average Bonchev–Trinajstić information content (AvgIpc) is 3.22. The van der Waals surface area contributed by atoms with Crippen molar-refractivity contribution < 1.29 is 24.5 Å². The highest BCUT2D eigenvalue weighted by molar-refractivity contribution is 7.10. The summed E-state index contributed by atoms with van der Waals surface area (Å²) in [5.74, 6) is -2.67. The molecule has 1 atom stereocenters. The van der Waals surface area contributed by atoms with Crippen LogP contribution in [0.1, 0.15) is 23.0 Å². The van der Waals surface area contributed by atoms with Gasteiger partial charge in [-0.2, -0.15) is 0 Å². The Balaban J connectivity index is 0.000000438. The summed E-state index contributed by atoms with van der Waals surface area (Å²) in [5, 5.41) is 19.4. The third-order valence-electron chi connectivity index (χ3n) is 4.25. The van der Waals surface area contributed by atoms with E-state index in [-0.39, 0.29) is 6.10 Å². The van der Waals surface area contributed by atoms with E-state index in [9.17, 15) is 0 Å². The standard InChI is InChI=1S/C20H23NOS.C2H2O4/c1-15-10-11-18(17-8-5-4-7-16(15)17)22-19(12-13-21(2)3)20-9-6-14-23-20;3-1(4)2(5)6/h4-11,14,19H,12-13H2,1-3H3;(H,3,4)(H,5,6). The Hall–Kier alpha value is -2.90. The van der Waals surface area contributed by atoms with Crippen molar-refractivity contribution >= 4 is 34.0 Å². The predicted molar refractivity (Wildman–Crippen MR) is 115 cm³/mol. The molecule has 0 bridgehead atoms. The summed E-state index contributed by atoms with van der Waals surface area (Å²) in [6.45, 7) is 3.15. The van der Waals surface area contributed by atoms with Crippen LogP contribution in [0.4, 0.5) is 0 Å². The third-order valence-corrected chi connectivity index (χ3v) is 5.22. The second kappa shape index (κ2) is 10.6. The van der Waals surface area contributed by atoms with Gasteiger partial charge in [-0.25, -0.2) is 9.59 Å². The maximum absolute atomic E-state index is 9.10. The molecule has 3 rings (SSSR count). The first-order valence-corrected chi connectivity index (χ1v) is 9.97. The van der Waals surface area contributed by atoms with Crippen molar-refractivity contribution in [3.05, 3.63) is 64.4 Å². The van der Waals surface area contributed by atoms with E-state index in [2.05, 4.69) is 79.8 Å². The van der Waals surface area contributed by atoms with Gasteiger partial charge in [0.1, 0.15) is 11.9 Å². The topological polar surface area (TPSA) is 87.1 Å². The smallest absolute Gasteiger partial charge is 0.414 e. The number of fused-ring (bicyclic) bond motifs is 1. The summed E-state index contributed by atoms with van der Waals surface area (Å²) in [7, 11) is 4.21. The molecule has 0 fully saturated rings. The lowest BCUT2D eigenvalue weighted by Crippen LogP contribution is -2.18. The van der Waals surface area contributed by atoms with Gasteiger partial charge in [-0.15, -0.1) is 11.3 Å². The van der Waals surface area contributed by atoms with Gasteiger partial charge in [0.25, 0.3) is 0 Å². The van der Waals surface area contributed by atoms with Crippen molar-refractivity contribution in [2.45, 2.75) is 19.4 Å². The zero-order chi connectivity index (χ0) is 21.4. The van der Waals surface area contributed by atoms with Crippen molar-refractivity contribution in [2.24, 2.45) is 0 Å². The van der Waals surface area contributed by atoms with Gasteiger partial charge >= 0.3 is 11.9 Å². The van der Waals surface area contributed by atoms with Gasteiger partial charge in [0.2, 0.25) is 0 Å². The highest BCUT2D eigenvalue weighted by Crippen LogP contribution is 2.34. The van der Waals surface area contributed by atoms with Crippen molar-refractivity contribution in [3.8, 4) is 5.75 Å². The van der Waals surface area contributed by atoms with E-state index in [1.807, 2.05) is 0 Å². The fraction of sp³-hybridized carbons (Fsp3) is 0.273. The second-order valence-electron chi connectivity index (χ2n) is 6.75. The number of rotatable bonds is 6. The monoisotopic (exact) mass is 415 g/mol. The van der Waals surface area contributed by atoms with Crippen LogP contribution in [0, 0.1) is 6.92 Å². The molecule has 1 unspecified atom stereocenters. The molecule has 1 heterocycles. The van der Waals surface area contributed by atoms with Crippen LogP contribution in [0.15, 0.2) is 53.9 Å². The Labute approximate surface area is 174 Å². The Morgan fingerprint density at radius 1 is 1.00 bits per heavy atom. The average molecular weight is 416 g/mol. The Bertz CT molecular complexity index is 941. The minimum atomic E-state index is -1.82. The Morgan fingerprint density at radius 2 is 1.66 bits per heavy atom. The molecule has 1 aromatic heterocycles. The van der Waals surface area contributed by atoms with E-state index >= 15 is 0 Å². The van der Waals surface area contributed by atoms with Crippen LogP contribution in [-0.4, -0.2) is 47.7 Å². The largest absolute Gasteiger partial charge is 0.484 e. The first-order valence-electron chi connectivity index (χ1n) is 9.09. The molecule has 0 aliphatic rings. The molecule has 7 heteroatoms. The highest BCUT2D eigenvalue weighted by Gasteiger charge is 2.16. The van der Waals surface area contributed by atoms with E-state index in [1.54, 1.807) is 11.3 Å². The van der Waals surface area contributed by atoms with Gasteiger partial charge in [-0.05, 0) is 49.5 Å². The lowest BCUT2D eigenvalue weighted by molar-refractivity contribution is -0.159. The molecular weight excluding hydrogens is 390 g/mol. The van der Waals surface area contributed by atoms with E-state index < -0.39 is 11.9 Å². The van der Waals surface area contributed by atoms with Crippen LogP contribution in [-0.2, 0) is 9.59 Å². The molecule has 29 heavy (non-hydrogen) atoms. The van der Waals surface area contributed by atoms with Gasteiger partial charge in [0, 0.05) is 23.2 Å². The number of benzene rings is 2. The molecular formula is C22H25NO5S. The molecule has 0 radical (unpaired) electrons. The number of aryl methyl sites for hydroxylation is 1. The fourth-order valence-electron chi connectivity index (χ4n) is 2.79. The van der Waals surface area contributed by atoms with Crippen molar-refractivity contribution in [1.29, 1.82) is 0 Å². The number of thiophene rings is 1. The molecule has 0 saturated heterocycles. The predicted octanol–water partition coefficient (Wildman–Crippen LogP) is 4.44. The van der Waals surface area contributed by atoms with Gasteiger partial charge in [0.15, 0.2) is 0 Å². The number of hydrogen-bond donors (Lipinski definition) is 2. The SMILES string of the molecule is Cc1ccc(OC(CCN(C)C)c2cccs2)c2ccccc12.O=C(O)C(=O)O. The number of carboxylic acid groups (broad SMARTS) is 2. The molecule has 2 aromatic carbocycles. The number of nitrogens with zero attached hydrogens (tertiary/aromatic N) is 1. The van der Waals surface area contributed by atoms with Crippen molar-refractivity contribution in [3.63, 3.8) is 0 Å². The van der Waals surface area contributed by atoms with Crippen molar-refractivity contribution in [2.75, 3.05) is 20.6 Å². The molecule has 154 valence electrons. The van der Waals surface area contributed by atoms with Crippen molar-refractivity contribution in [1.82, 2.24) is 4.90 Å². The van der Waals surface area contributed by atoms with Crippen LogP contribution in [0.3, 0.4) is 0 Å². The van der Waals surface area contributed by atoms with Crippen LogP contribution in [0.5, 0.6) is 5.75 Å². The fourth-order valence-corrected chi connectivity index (χ4v) is 3.58. The Morgan fingerprint density at radius 3 is 2.21 bits per heavy atom. The molecule has 0 aliphatic carbocycles. The maximum Gasteiger partial charge on any atom is 0.414 e. The van der Waals surface area contributed by atoms with Crippen LogP contribution in [0.25, 0.3) is 10.8 Å². The summed E-state index contributed by atoms with van der Waals surface area (Å²) in [6.07, 6.45) is 1.08. The minimum Gasteiger partial charge on any atom is -0.484 e. The summed E-state index contributed by atoms with van der Waals surface area (Å²) >= 11 is 1.77. The van der Waals surface area contributed by atoms with E-state index in [1.165, 1.54) is 21.2 Å². The molecule has 0 spiro atoms. The maximum atomic E-state index is 9.10. The van der Waals surface area contributed by atoms with E-state index in [4.69, 9.17) is 24.5 Å². The summed E-state index contributed by atoms with van der Waals surface area (Å²) in [6, 6.07) is 17.0. The molecule has 0 amide bonds. The normalized spacial score (nSPS) is 11.6. The summed E-state index contributed by atoms with van der Waals surface area (Å²) < 4.78 is 6.46. The number of carboxylic acids is 2. The van der Waals surface area contributed by atoms with E-state index in [0.29, 0.717) is 0 Å². The van der Waals surface area contributed by atoms with Crippen LogP contribution in [0.2, 0.25) is 0 Å². The number of hydrogen-bond acceptors (Lipinski definition) is 5. The molecule has 0 aliphatic heterocycles. The van der Waals surface area contributed by atoms with Crippen LogP contribution >= 0.6 is 11.3 Å². The molecule has 2 N–H and O–H groups in total. The zero-order valence-electron chi connectivity index (χ0n) is 16.7. The Kier molecular flexibility index (Phi) is 8.18. The number of carbonyl (C=O) groups is 2.